The van der Waals surface area contributed by atoms with Gasteiger partial charge in [-0.2, -0.15) is 0 Å². The first-order valence-electron chi connectivity index (χ1n) is 7.32. The van der Waals surface area contributed by atoms with E-state index in [1.54, 1.807) is 30.3 Å². The number of aromatic nitrogens is 2. The molecule has 0 radical (unpaired) electrons. The second kappa shape index (κ2) is 7.08. The van der Waals surface area contributed by atoms with Crippen LogP contribution in [0.15, 0.2) is 60.9 Å². The molecule has 0 aliphatic rings. The van der Waals surface area contributed by atoms with Crippen LogP contribution in [0, 0.1) is 0 Å². The fourth-order valence-electron chi connectivity index (χ4n) is 2.26. The van der Waals surface area contributed by atoms with Gasteiger partial charge in [0, 0.05) is 22.3 Å². The van der Waals surface area contributed by atoms with Gasteiger partial charge in [0.1, 0.15) is 12.1 Å². The highest BCUT2D eigenvalue weighted by Crippen LogP contribution is 2.27. The van der Waals surface area contributed by atoms with Crippen molar-refractivity contribution in [1.29, 1.82) is 0 Å². The quantitative estimate of drug-likeness (QED) is 0.707. The van der Waals surface area contributed by atoms with Gasteiger partial charge in [0.25, 0.3) is 0 Å². The third-order valence-electron chi connectivity index (χ3n) is 3.26. The molecule has 1 aromatic heterocycles. The van der Waals surface area contributed by atoms with Crippen molar-refractivity contribution < 1.29 is 8.42 Å². The van der Waals surface area contributed by atoms with E-state index in [2.05, 4.69) is 20.0 Å². The molecule has 25 heavy (non-hydrogen) atoms. The zero-order valence-electron chi connectivity index (χ0n) is 13.3. The lowest BCUT2D eigenvalue weighted by atomic mass is 10.1. The van der Waals surface area contributed by atoms with Crippen LogP contribution in [0.25, 0.3) is 11.3 Å². The highest BCUT2D eigenvalue weighted by molar-refractivity contribution is 7.92. The second-order valence-electron chi connectivity index (χ2n) is 5.35. The zero-order chi connectivity index (χ0) is 17.9. The number of benzene rings is 2. The summed E-state index contributed by atoms with van der Waals surface area (Å²) >= 11 is 6.21. The fourth-order valence-corrected chi connectivity index (χ4v) is 3.05. The van der Waals surface area contributed by atoms with Gasteiger partial charge in [-0.05, 0) is 24.3 Å². The van der Waals surface area contributed by atoms with Gasteiger partial charge < -0.3 is 5.32 Å². The Bertz CT molecular complexity index is 1010. The lowest BCUT2D eigenvalue weighted by molar-refractivity contribution is 0.607. The van der Waals surface area contributed by atoms with E-state index in [0.717, 1.165) is 11.8 Å². The maximum absolute atomic E-state index is 11.3. The number of nitrogens with zero attached hydrogens (tertiary/aromatic N) is 2. The first-order valence-corrected chi connectivity index (χ1v) is 9.59. The molecular formula is C17H15ClN4O2S. The monoisotopic (exact) mass is 374 g/mol. The highest BCUT2D eigenvalue weighted by Gasteiger charge is 2.07. The predicted molar refractivity (Wildman–Crippen MR) is 101 cm³/mol. The summed E-state index contributed by atoms with van der Waals surface area (Å²) in [7, 11) is -3.33. The Morgan fingerprint density at radius 2 is 1.72 bits per heavy atom. The van der Waals surface area contributed by atoms with Crippen molar-refractivity contribution in [2.24, 2.45) is 0 Å². The van der Waals surface area contributed by atoms with Gasteiger partial charge in [-0.3, -0.25) is 4.72 Å². The minimum absolute atomic E-state index is 0.466. The van der Waals surface area contributed by atoms with Crippen molar-refractivity contribution in [3.8, 4) is 11.3 Å². The number of sulfonamides is 1. The molecule has 0 aliphatic heterocycles. The van der Waals surface area contributed by atoms with Crippen LogP contribution >= 0.6 is 11.6 Å². The van der Waals surface area contributed by atoms with Crippen LogP contribution in [0.4, 0.5) is 17.2 Å². The lowest BCUT2D eigenvalue weighted by Crippen LogP contribution is -2.09. The molecule has 2 aromatic carbocycles. The van der Waals surface area contributed by atoms with E-state index >= 15 is 0 Å². The normalized spacial score (nSPS) is 11.1. The zero-order valence-corrected chi connectivity index (χ0v) is 14.8. The molecule has 0 bridgehead atoms. The largest absolute Gasteiger partial charge is 0.340 e. The molecule has 2 N–H and O–H groups in total. The Balaban J connectivity index is 1.86. The summed E-state index contributed by atoms with van der Waals surface area (Å²) in [6.07, 6.45) is 2.55. The Morgan fingerprint density at radius 3 is 2.48 bits per heavy atom. The van der Waals surface area contributed by atoms with Crippen LogP contribution in [0.5, 0.6) is 0 Å². The minimum Gasteiger partial charge on any atom is -0.340 e. The van der Waals surface area contributed by atoms with Gasteiger partial charge in [-0.15, -0.1) is 0 Å². The summed E-state index contributed by atoms with van der Waals surface area (Å²) in [4.78, 5) is 8.44. The average molecular weight is 375 g/mol. The number of anilines is 3. The molecule has 0 aliphatic carbocycles. The van der Waals surface area contributed by atoms with Gasteiger partial charge in [0.05, 0.1) is 17.6 Å². The van der Waals surface area contributed by atoms with Crippen molar-refractivity contribution in [3.63, 3.8) is 0 Å². The van der Waals surface area contributed by atoms with Crippen LogP contribution in [-0.2, 0) is 10.0 Å². The van der Waals surface area contributed by atoms with E-state index in [1.165, 1.54) is 6.33 Å². The molecule has 3 rings (SSSR count). The molecule has 6 nitrogen and oxygen atoms in total. The van der Waals surface area contributed by atoms with Crippen LogP contribution in [0.3, 0.4) is 0 Å². The molecule has 3 aromatic rings. The predicted octanol–water partition coefficient (Wildman–Crippen LogP) is 3.91. The second-order valence-corrected chi connectivity index (χ2v) is 7.50. The Morgan fingerprint density at radius 1 is 0.960 bits per heavy atom. The number of rotatable bonds is 5. The molecule has 0 unspecified atom stereocenters. The number of halogens is 1. The molecule has 0 saturated carbocycles. The summed E-state index contributed by atoms with van der Waals surface area (Å²) in [6, 6.07) is 16.1. The van der Waals surface area contributed by atoms with Crippen molar-refractivity contribution in [2.45, 2.75) is 0 Å². The maximum atomic E-state index is 11.3. The fraction of sp³-hybridized carbons (Fsp3) is 0.0588. The molecule has 0 amide bonds. The molecule has 0 atom stereocenters. The number of nitrogens with one attached hydrogen (secondary N) is 2. The third-order valence-corrected chi connectivity index (χ3v) is 4.19. The standard InChI is InChI=1S/C17H15ClN4O2S/c1-25(23,24)22-13-6-4-5-12(9-13)21-17-10-16(19-11-20-17)14-7-2-3-8-15(14)18/h2-11,22H,1H3,(H,19,20,21). The van der Waals surface area contributed by atoms with Crippen molar-refractivity contribution >= 4 is 38.8 Å². The van der Waals surface area contributed by atoms with Gasteiger partial charge >= 0.3 is 0 Å². The molecule has 0 saturated heterocycles. The summed E-state index contributed by atoms with van der Waals surface area (Å²) in [6.45, 7) is 0. The summed E-state index contributed by atoms with van der Waals surface area (Å²) in [5.74, 6) is 0.571. The summed E-state index contributed by atoms with van der Waals surface area (Å²) in [5, 5.41) is 3.73. The summed E-state index contributed by atoms with van der Waals surface area (Å²) < 4.78 is 25.1. The highest BCUT2D eigenvalue weighted by atomic mass is 35.5. The van der Waals surface area contributed by atoms with E-state index in [-0.39, 0.29) is 0 Å². The Hall–Kier alpha value is -2.64. The molecule has 1 heterocycles. The van der Waals surface area contributed by atoms with Crippen molar-refractivity contribution in [1.82, 2.24) is 9.97 Å². The lowest BCUT2D eigenvalue weighted by Gasteiger charge is -2.10. The van der Waals surface area contributed by atoms with Gasteiger partial charge in [0.2, 0.25) is 10.0 Å². The van der Waals surface area contributed by atoms with Crippen LogP contribution in [0.1, 0.15) is 0 Å². The average Bonchev–Trinajstić information content (AvgIpc) is 2.54. The Kier molecular flexibility index (Phi) is 4.87. The van der Waals surface area contributed by atoms with Crippen molar-refractivity contribution in [3.05, 3.63) is 65.9 Å². The molecule has 128 valence electrons. The molecule has 0 spiro atoms. The van der Waals surface area contributed by atoms with Crippen LogP contribution in [-0.4, -0.2) is 24.6 Å². The van der Waals surface area contributed by atoms with Crippen molar-refractivity contribution in [2.75, 3.05) is 16.3 Å². The topological polar surface area (TPSA) is 84.0 Å². The van der Waals surface area contributed by atoms with E-state index in [0.29, 0.717) is 27.9 Å². The van der Waals surface area contributed by atoms with Gasteiger partial charge in [-0.1, -0.05) is 35.9 Å². The summed E-state index contributed by atoms with van der Waals surface area (Å²) in [5.41, 5.74) is 2.65. The first kappa shape index (κ1) is 17.2. The Labute approximate surface area is 151 Å². The molecule has 0 fully saturated rings. The molecular weight excluding hydrogens is 360 g/mol. The van der Waals surface area contributed by atoms with E-state index < -0.39 is 10.0 Å². The first-order chi connectivity index (χ1) is 11.9. The molecule has 8 heteroatoms. The third kappa shape index (κ3) is 4.68. The smallest absolute Gasteiger partial charge is 0.229 e. The van der Waals surface area contributed by atoms with Gasteiger partial charge in [0.15, 0.2) is 0 Å². The van der Waals surface area contributed by atoms with Crippen LogP contribution in [0.2, 0.25) is 5.02 Å². The number of hydrogen-bond donors (Lipinski definition) is 2. The SMILES string of the molecule is CS(=O)(=O)Nc1cccc(Nc2cc(-c3ccccc3Cl)ncn2)c1. The van der Waals surface area contributed by atoms with Gasteiger partial charge in [-0.25, -0.2) is 18.4 Å². The maximum Gasteiger partial charge on any atom is 0.229 e. The number of hydrogen-bond acceptors (Lipinski definition) is 5. The minimum atomic E-state index is -3.33. The van der Waals surface area contributed by atoms with E-state index in [1.807, 2.05) is 24.3 Å². The van der Waals surface area contributed by atoms with E-state index in [4.69, 9.17) is 11.6 Å². The van der Waals surface area contributed by atoms with Crippen LogP contribution < -0.4 is 10.0 Å². The van der Waals surface area contributed by atoms with E-state index in [9.17, 15) is 8.42 Å².